The predicted octanol–water partition coefficient (Wildman–Crippen LogP) is 3.09. The normalized spacial score (nSPS) is 15.7. The van der Waals surface area contributed by atoms with Crippen LogP contribution in [0.4, 0.5) is 5.13 Å². The summed E-state index contributed by atoms with van der Waals surface area (Å²) in [5, 5.41) is 15.0. The lowest BCUT2D eigenvalue weighted by atomic mass is 9.98. The van der Waals surface area contributed by atoms with Crippen LogP contribution in [0.5, 0.6) is 5.75 Å². The first kappa shape index (κ1) is 19.3. The van der Waals surface area contributed by atoms with E-state index in [-0.39, 0.29) is 23.7 Å². The molecule has 27 heavy (non-hydrogen) atoms. The van der Waals surface area contributed by atoms with Crippen LogP contribution >= 0.6 is 11.3 Å². The predicted molar refractivity (Wildman–Crippen MR) is 105 cm³/mol. The third kappa shape index (κ3) is 4.82. The fraction of sp³-hybridized carbons (Fsp3) is 0.474. The summed E-state index contributed by atoms with van der Waals surface area (Å²) in [6.07, 6.45) is 2.60. The maximum absolute atomic E-state index is 12.7. The second-order valence-electron chi connectivity index (χ2n) is 6.78. The van der Waals surface area contributed by atoms with E-state index in [0.717, 1.165) is 30.6 Å². The lowest BCUT2D eigenvalue weighted by Crippen LogP contribution is -2.48. The summed E-state index contributed by atoms with van der Waals surface area (Å²) < 4.78 is 5.15. The molecule has 0 aliphatic heterocycles. The fourth-order valence-corrected chi connectivity index (χ4v) is 3.38. The van der Waals surface area contributed by atoms with Crippen LogP contribution in [0.1, 0.15) is 33.1 Å². The van der Waals surface area contributed by atoms with E-state index in [4.69, 9.17) is 4.74 Å². The van der Waals surface area contributed by atoms with Gasteiger partial charge < -0.3 is 10.1 Å². The molecule has 144 valence electrons. The summed E-state index contributed by atoms with van der Waals surface area (Å²) in [4.78, 5) is 24.8. The summed E-state index contributed by atoms with van der Waals surface area (Å²) in [7, 11) is 1.61. The van der Waals surface area contributed by atoms with Crippen molar-refractivity contribution in [1.29, 1.82) is 0 Å². The van der Waals surface area contributed by atoms with Gasteiger partial charge in [-0.2, -0.15) is 0 Å². The lowest BCUT2D eigenvalue weighted by molar-refractivity contribution is -0.128. The van der Waals surface area contributed by atoms with Crippen molar-refractivity contribution in [2.24, 2.45) is 11.8 Å². The number of carbonyl (C=O) groups is 2. The van der Waals surface area contributed by atoms with Crippen molar-refractivity contribution < 1.29 is 14.3 Å². The number of benzene rings is 1. The van der Waals surface area contributed by atoms with Gasteiger partial charge in [-0.15, -0.1) is 10.2 Å². The quantitative estimate of drug-likeness (QED) is 0.725. The molecule has 1 heterocycles. The first-order valence-electron chi connectivity index (χ1n) is 9.11. The van der Waals surface area contributed by atoms with Gasteiger partial charge in [-0.05, 0) is 43.0 Å². The van der Waals surface area contributed by atoms with Crippen LogP contribution in [0, 0.1) is 11.8 Å². The maximum Gasteiger partial charge on any atom is 0.249 e. The highest BCUT2D eigenvalue weighted by atomic mass is 32.1. The van der Waals surface area contributed by atoms with E-state index in [9.17, 15) is 9.59 Å². The molecule has 2 atom stereocenters. The number of methoxy groups -OCH3 is 1. The average Bonchev–Trinajstić information content (AvgIpc) is 3.45. The number of carbonyl (C=O) groups excluding carboxylic acids is 2. The summed E-state index contributed by atoms with van der Waals surface area (Å²) in [5.41, 5.74) is 0.898. The Labute approximate surface area is 162 Å². The number of amides is 2. The molecule has 0 radical (unpaired) electrons. The zero-order chi connectivity index (χ0) is 19.4. The van der Waals surface area contributed by atoms with Crippen LogP contribution in [0.3, 0.4) is 0 Å². The largest absolute Gasteiger partial charge is 0.497 e. The fourth-order valence-electron chi connectivity index (χ4n) is 2.63. The zero-order valence-corrected chi connectivity index (χ0v) is 16.5. The van der Waals surface area contributed by atoms with Crippen molar-refractivity contribution in [1.82, 2.24) is 15.5 Å². The van der Waals surface area contributed by atoms with Crippen molar-refractivity contribution >= 4 is 28.3 Å². The zero-order valence-electron chi connectivity index (χ0n) is 15.7. The minimum atomic E-state index is -0.573. The number of ether oxygens (including phenoxy) is 1. The van der Waals surface area contributed by atoms with Crippen LogP contribution < -0.4 is 15.4 Å². The Hall–Kier alpha value is -2.48. The molecule has 0 saturated heterocycles. The van der Waals surface area contributed by atoms with Crippen molar-refractivity contribution in [2.45, 2.75) is 39.2 Å². The number of aromatic nitrogens is 2. The van der Waals surface area contributed by atoms with Crippen molar-refractivity contribution in [3.05, 3.63) is 24.3 Å². The molecule has 2 N–H and O–H groups in total. The van der Waals surface area contributed by atoms with Gasteiger partial charge >= 0.3 is 0 Å². The van der Waals surface area contributed by atoms with Crippen LogP contribution in [-0.2, 0) is 9.59 Å². The molecule has 2 amide bonds. The molecule has 2 unspecified atom stereocenters. The summed E-state index contributed by atoms with van der Waals surface area (Å²) >= 11 is 1.29. The van der Waals surface area contributed by atoms with Gasteiger partial charge in [0.15, 0.2) is 0 Å². The van der Waals surface area contributed by atoms with Gasteiger partial charge in [-0.3, -0.25) is 14.9 Å². The van der Waals surface area contributed by atoms with Crippen LogP contribution in [0.2, 0.25) is 0 Å². The highest BCUT2D eigenvalue weighted by Crippen LogP contribution is 2.30. The van der Waals surface area contributed by atoms with E-state index in [1.165, 1.54) is 11.3 Å². The molecule has 1 aliphatic rings. The van der Waals surface area contributed by atoms with E-state index in [1.54, 1.807) is 7.11 Å². The number of rotatable bonds is 8. The molecule has 1 fully saturated rings. The van der Waals surface area contributed by atoms with Gasteiger partial charge in [0.25, 0.3) is 0 Å². The Morgan fingerprint density at radius 3 is 2.56 bits per heavy atom. The first-order chi connectivity index (χ1) is 13.0. The Kier molecular flexibility index (Phi) is 6.05. The first-order valence-corrected chi connectivity index (χ1v) is 9.92. The van der Waals surface area contributed by atoms with Gasteiger partial charge in [-0.25, -0.2) is 0 Å². The topological polar surface area (TPSA) is 93.2 Å². The van der Waals surface area contributed by atoms with Crippen molar-refractivity contribution in [2.75, 3.05) is 12.4 Å². The Morgan fingerprint density at radius 1 is 1.26 bits per heavy atom. The molecular formula is C19H24N4O3S. The van der Waals surface area contributed by atoms with Crippen LogP contribution in [-0.4, -0.2) is 35.2 Å². The van der Waals surface area contributed by atoms with E-state index in [2.05, 4.69) is 20.8 Å². The molecule has 8 heteroatoms. The van der Waals surface area contributed by atoms with Gasteiger partial charge in [0.05, 0.1) is 7.11 Å². The maximum atomic E-state index is 12.7. The highest BCUT2D eigenvalue weighted by Gasteiger charge is 2.34. The summed E-state index contributed by atoms with van der Waals surface area (Å²) in [6.45, 7) is 3.96. The standard InChI is InChI=1S/C19H24N4O3S/c1-4-11(2)15(20-16(24)12-5-6-12)17(25)21-19-23-22-18(27-19)13-7-9-14(26-3)10-8-13/h7-12,15H,4-6H2,1-3H3,(H,20,24)(H,21,23,25). The molecule has 0 spiro atoms. The van der Waals surface area contributed by atoms with Crippen molar-refractivity contribution in [3.8, 4) is 16.3 Å². The molecule has 0 bridgehead atoms. The second kappa shape index (κ2) is 8.47. The van der Waals surface area contributed by atoms with Gasteiger partial charge in [0.2, 0.25) is 16.9 Å². The second-order valence-corrected chi connectivity index (χ2v) is 7.75. The SMILES string of the molecule is CCC(C)C(NC(=O)C1CC1)C(=O)Nc1nnc(-c2ccc(OC)cc2)s1. The molecule has 1 aromatic carbocycles. The molecule has 3 rings (SSSR count). The minimum Gasteiger partial charge on any atom is -0.497 e. The molecule has 1 saturated carbocycles. The number of hydrogen-bond acceptors (Lipinski definition) is 6. The number of anilines is 1. The third-order valence-corrected chi connectivity index (χ3v) is 5.62. The van der Waals surface area contributed by atoms with Crippen molar-refractivity contribution in [3.63, 3.8) is 0 Å². The van der Waals surface area contributed by atoms with E-state index in [1.807, 2.05) is 38.1 Å². The number of nitrogens with zero attached hydrogens (tertiary/aromatic N) is 2. The van der Waals surface area contributed by atoms with Crippen LogP contribution in [0.15, 0.2) is 24.3 Å². The smallest absolute Gasteiger partial charge is 0.249 e. The molecule has 1 aliphatic carbocycles. The molecular weight excluding hydrogens is 364 g/mol. The van der Waals surface area contributed by atoms with E-state index >= 15 is 0 Å². The van der Waals surface area contributed by atoms with Gasteiger partial charge in [-0.1, -0.05) is 31.6 Å². The lowest BCUT2D eigenvalue weighted by Gasteiger charge is -2.22. The number of hydrogen-bond donors (Lipinski definition) is 2. The Morgan fingerprint density at radius 2 is 1.96 bits per heavy atom. The minimum absolute atomic E-state index is 0.0293. The van der Waals surface area contributed by atoms with E-state index in [0.29, 0.717) is 10.1 Å². The van der Waals surface area contributed by atoms with Gasteiger partial charge in [0.1, 0.15) is 16.8 Å². The average molecular weight is 388 g/mol. The Balaban J connectivity index is 1.67. The molecule has 7 nitrogen and oxygen atoms in total. The highest BCUT2D eigenvalue weighted by molar-refractivity contribution is 7.18. The third-order valence-electron chi connectivity index (χ3n) is 4.73. The molecule has 2 aromatic rings. The summed E-state index contributed by atoms with van der Waals surface area (Å²) in [6, 6.07) is 6.91. The van der Waals surface area contributed by atoms with E-state index < -0.39 is 6.04 Å². The molecule has 1 aromatic heterocycles. The summed E-state index contributed by atoms with van der Waals surface area (Å²) in [5.74, 6) is 0.566. The Bertz CT molecular complexity index is 802. The number of nitrogens with one attached hydrogen (secondary N) is 2. The monoisotopic (exact) mass is 388 g/mol. The van der Waals surface area contributed by atoms with Crippen LogP contribution in [0.25, 0.3) is 10.6 Å². The van der Waals surface area contributed by atoms with Gasteiger partial charge in [0, 0.05) is 11.5 Å².